The van der Waals surface area contributed by atoms with Crippen LogP contribution in [0.3, 0.4) is 0 Å². The number of amides is 1. The van der Waals surface area contributed by atoms with Crippen molar-refractivity contribution in [2.75, 3.05) is 12.3 Å². The number of para-hydroxylation sites is 1. The Morgan fingerprint density at radius 2 is 2.07 bits per heavy atom. The van der Waals surface area contributed by atoms with Gasteiger partial charge in [-0.1, -0.05) is 30.0 Å². The van der Waals surface area contributed by atoms with Crippen molar-refractivity contribution in [3.8, 4) is 0 Å². The summed E-state index contributed by atoms with van der Waals surface area (Å²) >= 11 is 1.21. The Balaban J connectivity index is 2.06. The average molecular weight is 385 g/mol. The number of rotatable bonds is 7. The van der Waals surface area contributed by atoms with Crippen molar-refractivity contribution in [1.29, 1.82) is 0 Å². The van der Waals surface area contributed by atoms with E-state index in [9.17, 15) is 9.59 Å². The van der Waals surface area contributed by atoms with Crippen molar-refractivity contribution in [2.45, 2.75) is 26.3 Å². The van der Waals surface area contributed by atoms with E-state index in [1.54, 1.807) is 26.1 Å². The lowest BCUT2D eigenvalue weighted by Gasteiger charge is -2.25. The predicted octanol–water partition coefficient (Wildman–Crippen LogP) is 2.41. The van der Waals surface area contributed by atoms with Crippen molar-refractivity contribution < 1.29 is 9.59 Å². The minimum absolute atomic E-state index is 0.0505. The molecule has 0 saturated carbocycles. The fraction of sp³-hybridized carbons (Fsp3) is 0.316. The average Bonchev–Trinajstić information content (AvgIpc) is 2.63. The summed E-state index contributed by atoms with van der Waals surface area (Å²) in [5.74, 6) is 5.79. The number of thioether (sulfide) groups is 1. The molecule has 2 aromatic rings. The number of carbonyl (C=O) groups is 2. The number of aromatic nitrogens is 1. The highest BCUT2D eigenvalue weighted by molar-refractivity contribution is 8.13. The molecule has 27 heavy (non-hydrogen) atoms. The number of benzene rings is 1. The number of hydrogen-bond donors (Lipinski definition) is 2. The van der Waals surface area contributed by atoms with Crippen molar-refractivity contribution in [2.24, 2.45) is 15.9 Å². The summed E-state index contributed by atoms with van der Waals surface area (Å²) in [6.07, 6.45) is 3.07. The van der Waals surface area contributed by atoms with E-state index in [1.807, 2.05) is 24.3 Å². The van der Waals surface area contributed by atoms with E-state index >= 15 is 0 Å². The molecule has 0 fully saturated rings. The summed E-state index contributed by atoms with van der Waals surface area (Å²) < 4.78 is 0. The molecular formula is C19H23N5O2S. The van der Waals surface area contributed by atoms with Crippen molar-refractivity contribution >= 4 is 45.6 Å². The van der Waals surface area contributed by atoms with Gasteiger partial charge in [0.1, 0.15) is 5.71 Å². The molecule has 1 aromatic heterocycles. The zero-order chi connectivity index (χ0) is 19.9. The third kappa shape index (κ3) is 5.89. The zero-order valence-corrected chi connectivity index (χ0v) is 16.4. The van der Waals surface area contributed by atoms with Crippen molar-refractivity contribution in [3.05, 3.63) is 42.1 Å². The molecule has 0 atom stereocenters. The Labute approximate surface area is 162 Å². The second kappa shape index (κ2) is 9.27. The minimum atomic E-state index is -0.825. The minimum Gasteiger partial charge on any atom is -0.341 e. The van der Waals surface area contributed by atoms with Gasteiger partial charge in [0.2, 0.25) is 0 Å². The number of aliphatic imine (C=N–C) groups is 1. The van der Waals surface area contributed by atoms with Crippen LogP contribution in [0.15, 0.2) is 46.6 Å². The Bertz CT molecular complexity index is 893. The number of nitrogens with one attached hydrogen (secondary N) is 1. The van der Waals surface area contributed by atoms with Crippen LogP contribution in [0.4, 0.5) is 0 Å². The number of nitrogens with two attached hydrogens (primary N) is 1. The first-order chi connectivity index (χ1) is 12.8. The maximum absolute atomic E-state index is 12.6. The quantitative estimate of drug-likeness (QED) is 0.329. The summed E-state index contributed by atoms with van der Waals surface area (Å²) in [5, 5.41) is 7.60. The second-order valence-corrected chi connectivity index (χ2v) is 7.66. The van der Waals surface area contributed by atoms with E-state index in [4.69, 9.17) is 5.84 Å². The number of hydrazone groups is 1. The van der Waals surface area contributed by atoms with Crippen LogP contribution in [0.1, 0.15) is 31.1 Å². The van der Waals surface area contributed by atoms with Gasteiger partial charge in [-0.05, 0) is 26.0 Å². The van der Waals surface area contributed by atoms with Gasteiger partial charge in [0.25, 0.3) is 5.91 Å². The monoisotopic (exact) mass is 385 g/mol. The molecule has 0 spiro atoms. The second-order valence-electron chi connectivity index (χ2n) is 6.39. The summed E-state index contributed by atoms with van der Waals surface area (Å²) in [6.45, 7) is 5.56. The van der Waals surface area contributed by atoms with Crippen molar-refractivity contribution in [1.82, 2.24) is 10.3 Å². The van der Waals surface area contributed by atoms with E-state index in [-0.39, 0.29) is 11.0 Å². The van der Waals surface area contributed by atoms with Gasteiger partial charge in [-0.3, -0.25) is 19.6 Å². The van der Waals surface area contributed by atoms with Gasteiger partial charge in [0.15, 0.2) is 5.12 Å². The fourth-order valence-electron chi connectivity index (χ4n) is 2.36. The number of hydrogen-bond acceptors (Lipinski definition) is 7. The molecular weight excluding hydrogens is 362 g/mol. The first-order valence-corrected chi connectivity index (χ1v) is 9.41. The van der Waals surface area contributed by atoms with Crippen LogP contribution in [-0.2, 0) is 4.79 Å². The number of nitrogens with zero attached hydrogens (tertiary/aromatic N) is 3. The lowest BCUT2D eigenvalue weighted by Crippen LogP contribution is -2.50. The lowest BCUT2D eigenvalue weighted by molar-refractivity contribution is -0.109. The van der Waals surface area contributed by atoms with E-state index in [2.05, 4.69) is 20.4 Å². The fourth-order valence-corrected chi connectivity index (χ4v) is 2.85. The molecule has 0 aliphatic heterocycles. The maximum atomic E-state index is 12.6. The van der Waals surface area contributed by atoms with Crippen LogP contribution >= 0.6 is 11.8 Å². The highest BCUT2D eigenvalue weighted by atomic mass is 32.2. The van der Waals surface area contributed by atoms with Gasteiger partial charge in [0, 0.05) is 37.0 Å². The van der Waals surface area contributed by atoms with Gasteiger partial charge in [-0.2, -0.15) is 5.10 Å². The van der Waals surface area contributed by atoms with Crippen LogP contribution < -0.4 is 11.2 Å². The van der Waals surface area contributed by atoms with Crippen molar-refractivity contribution in [3.63, 3.8) is 0 Å². The Kier molecular flexibility index (Phi) is 7.06. The summed E-state index contributed by atoms with van der Waals surface area (Å²) in [6, 6.07) is 9.38. The van der Waals surface area contributed by atoms with Gasteiger partial charge >= 0.3 is 0 Å². The highest BCUT2D eigenvalue weighted by Gasteiger charge is 2.27. The lowest BCUT2D eigenvalue weighted by atomic mass is 9.98. The van der Waals surface area contributed by atoms with E-state index in [0.29, 0.717) is 23.6 Å². The van der Waals surface area contributed by atoms with Gasteiger partial charge < -0.3 is 11.2 Å². The van der Waals surface area contributed by atoms with Gasteiger partial charge in [-0.25, -0.2) is 0 Å². The summed E-state index contributed by atoms with van der Waals surface area (Å²) in [5.41, 5.74) is 0.882. The Morgan fingerprint density at radius 1 is 1.33 bits per heavy atom. The van der Waals surface area contributed by atoms with E-state index < -0.39 is 5.54 Å². The summed E-state index contributed by atoms with van der Waals surface area (Å²) in [7, 11) is 0. The molecule has 1 aromatic carbocycles. The van der Waals surface area contributed by atoms with Crippen LogP contribution in [0.5, 0.6) is 0 Å². The molecule has 142 valence electrons. The predicted molar refractivity (Wildman–Crippen MR) is 111 cm³/mol. The van der Waals surface area contributed by atoms with Crippen LogP contribution in [-0.4, -0.2) is 45.8 Å². The third-order valence-electron chi connectivity index (χ3n) is 3.80. The Morgan fingerprint density at radius 3 is 2.78 bits per heavy atom. The van der Waals surface area contributed by atoms with Crippen LogP contribution in [0.25, 0.3) is 10.9 Å². The maximum Gasteiger partial charge on any atom is 0.253 e. The molecule has 8 heteroatoms. The molecule has 0 saturated heterocycles. The standard InChI is InChI=1S/C19H23N5O2S/c1-13(25)27-9-8-21-12-17(24-20)19(2,3)23-18(26)15-10-14-6-4-5-7-16(14)22-11-15/h4-7,10-12H,8-9,20H2,1-3H3,(H,23,26)/b21-12?,24-17+. The highest BCUT2D eigenvalue weighted by Crippen LogP contribution is 2.14. The van der Waals surface area contributed by atoms with Crippen LogP contribution in [0, 0.1) is 0 Å². The van der Waals surface area contributed by atoms with Gasteiger partial charge in [0.05, 0.1) is 16.6 Å². The molecule has 7 nitrogen and oxygen atoms in total. The molecule has 1 heterocycles. The first-order valence-electron chi connectivity index (χ1n) is 8.42. The molecule has 2 rings (SSSR count). The molecule has 0 aliphatic carbocycles. The third-order valence-corrected chi connectivity index (χ3v) is 4.59. The van der Waals surface area contributed by atoms with E-state index in [1.165, 1.54) is 24.9 Å². The molecule has 0 aliphatic rings. The molecule has 3 N–H and O–H groups in total. The normalized spacial score (nSPS) is 12.5. The van der Waals surface area contributed by atoms with Crippen LogP contribution in [0.2, 0.25) is 0 Å². The topological polar surface area (TPSA) is 110 Å². The molecule has 0 bridgehead atoms. The Hall–Kier alpha value is -2.74. The summed E-state index contributed by atoms with van der Waals surface area (Å²) in [4.78, 5) is 32.1. The SMILES string of the molecule is CC(=O)SCCN=C/C(=N\N)C(C)(C)NC(=O)c1cnc2ccccc2c1. The smallest absolute Gasteiger partial charge is 0.253 e. The first kappa shape index (κ1) is 20.6. The molecule has 0 radical (unpaired) electrons. The van der Waals surface area contributed by atoms with E-state index in [0.717, 1.165) is 10.9 Å². The molecule has 0 unspecified atom stereocenters. The van der Waals surface area contributed by atoms with Gasteiger partial charge in [-0.15, -0.1) is 0 Å². The number of pyridine rings is 1. The number of carbonyl (C=O) groups excluding carboxylic acids is 2. The number of fused-ring (bicyclic) bond motifs is 1. The zero-order valence-electron chi connectivity index (χ0n) is 15.6. The molecule has 1 amide bonds. The largest absolute Gasteiger partial charge is 0.341 e.